The van der Waals surface area contributed by atoms with Crippen LogP contribution in [0.1, 0.15) is 13.8 Å². The summed E-state index contributed by atoms with van der Waals surface area (Å²) >= 11 is 0. The average Bonchev–Trinajstić information content (AvgIpc) is 2.44. The van der Waals surface area contributed by atoms with Crippen molar-refractivity contribution < 1.29 is 24.0 Å². The second-order valence-electron chi connectivity index (χ2n) is 4.51. The van der Waals surface area contributed by atoms with E-state index in [0.29, 0.717) is 6.54 Å². The molecule has 116 valence electrons. The normalized spacial score (nSPS) is 11.8. The fourth-order valence-electron chi connectivity index (χ4n) is 1.89. The van der Waals surface area contributed by atoms with E-state index in [1.54, 1.807) is 6.92 Å². The topological polar surface area (TPSA) is 92.9 Å². The van der Waals surface area contributed by atoms with Crippen LogP contribution in [0.3, 0.4) is 0 Å². The number of hydrogen-bond acceptors (Lipinski definition) is 5. The summed E-state index contributed by atoms with van der Waals surface area (Å²) in [5.74, 6) is -2.56. The number of methoxy groups -OCH3 is 1. The minimum absolute atomic E-state index is 0.0715. The maximum absolute atomic E-state index is 14.1. The molecule has 0 radical (unpaired) electrons. The quantitative estimate of drug-likeness (QED) is 0.613. The van der Waals surface area contributed by atoms with Crippen molar-refractivity contribution in [1.29, 1.82) is 0 Å². The summed E-state index contributed by atoms with van der Waals surface area (Å²) in [5.41, 5.74) is -0.394. The van der Waals surface area contributed by atoms with Crippen LogP contribution in [-0.2, 0) is 4.79 Å². The molecule has 0 aliphatic heterocycles. The molecule has 0 aliphatic rings. The molecule has 0 amide bonds. The van der Waals surface area contributed by atoms with Gasteiger partial charge in [-0.2, -0.15) is 0 Å². The van der Waals surface area contributed by atoms with E-state index in [1.807, 2.05) is 0 Å². The first-order valence-electron chi connectivity index (χ1n) is 6.31. The fraction of sp³-hybridized carbons (Fsp3) is 0.462. The Hall–Kier alpha value is -2.38. The van der Waals surface area contributed by atoms with Gasteiger partial charge in [-0.25, -0.2) is 4.39 Å². The predicted molar refractivity (Wildman–Crippen MR) is 74.3 cm³/mol. The SMILES string of the molecule is CCN(CC(C)C(=O)O)c1cc(OC)c([N+](=O)[O-])cc1F. The molecule has 7 nitrogen and oxygen atoms in total. The molecule has 0 fully saturated rings. The minimum Gasteiger partial charge on any atom is -0.490 e. The number of carbonyl (C=O) groups is 1. The van der Waals surface area contributed by atoms with Crippen molar-refractivity contribution in [1.82, 2.24) is 0 Å². The van der Waals surface area contributed by atoms with Crippen LogP contribution in [0.4, 0.5) is 15.8 Å². The van der Waals surface area contributed by atoms with E-state index < -0.39 is 28.3 Å². The summed E-state index contributed by atoms with van der Waals surface area (Å²) in [5, 5.41) is 19.7. The van der Waals surface area contributed by atoms with Gasteiger partial charge in [0.2, 0.25) is 0 Å². The van der Waals surface area contributed by atoms with Crippen LogP contribution < -0.4 is 9.64 Å². The van der Waals surface area contributed by atoms with E-state index in [0.717, 1.165) is 6.07 Å². The van der Waals surface area contributed by atoms with Crippen LogP contribution in [0.15, 0.2) is 12.1 Å². The largest absolute Gasteiger partial charge is 0.490 e. The molecule has 0 bridgehead atoms. The van der Waals surface area contributed by atoms with Crippen molar-refractivity contribution in [3.63, 3.8) is 0 Å². The highest BCUT2D eigenvalue weighted by Crippen LogP contribution is 2.34. The highest BCUT2D eigenvalue weighted by molar-refractivity contribution is 5.71. The number of nitro groups is 1. The lowest BCUT2D eigenvalue weighted by Gasteiger charge is -2.25. The number of rotatable bonds is 7. The van der Waals surface area contributed by atoms with Gasteiger partial charge < -0.3 is 14.7 Å². The Morgan fingerprint density at radius 2 is 2.19 bits per heavy atom. The minimum atomic E-state index is -0.997. The number of benzene rings is 1. The molecule has 0 heterocycles. The van der Waals surface area contributed by atoms with Crippen LogP contribution in [0.25, 0.3) is 0 Å². The molecular weight excluding hydrogens is 283 g/mol. The van der Waals surface area contributed by atoms with Crippen molar-refractivity contribution >= 4 is 17.3 Å². The fourth-order valence-corrected chi connectivity index (χ4v) is 1.89. The third-order valence-electron chi connectivity index (χ3n) is 3.08. The zero-order valence-corrected chi connectivity index (χ0v) is 12.0. The van der Waals surface area contributed by atoms with Crippen molar-refractivity contribution in [2.45, 2.75) is 13.8 Å². The van der Waals surface area contributed by atoms with E-state index in [2.05, 4.69) is 0 Å². The van der Waals surface area contributed by atoms with Gasteiger partial charge in [-0.3, -0.25) is 14.9 Å². The van der Waals surface area contributed by atoms with Gasteiger partial charge in [0.1, 0.15) is 0 Å². The lowest BCUT2D eigenvalue weighted by Crippen LogP contribution is -2.32. The van der Waals surface area contributed by atoms with Crippen molar-refractivity contribution in [2.75, 3.05) is 25.1 Å². The number of ether oxygens (including phenoxy) is 1. The van der Waals surface area contributed by atoms with Crippen molar-refractivity contribution in [3.8, 4) is 5.75 Å². The van der Waals surface area contributed by atoms with Gasteiger partial charge in [0.25, 0.3) is 0 Å². The summed E-state index contributed by atoms with van der Waals surface area (Å²) in [6.07, 6.45) is 0. The van der Waals surface area contributed by atoms with E-state index in [-0.39, 0.29) is 18.0 Å². The number of carboxylic acids is 1. The molecule has 1 unspecified atom stereocenters. The van der Waals surface area contributed by atoms with Crippen LogP contribution in [0.2, 0.25) is 0 Å². The third kappa shape index (κ3) is 3.80. The van der Waals surface area contributed by atoms with E-state index in [9.17, 15) is 19.3 Å². The summed E-state index contributed by atoms with van der Waals surface area (Å²) in [6, 6.07) is 1.99. The van der Waals surface area contributed by atoms with Gasteiger partial charge in [0.05, 0.1) is 29.7 Å². The second-order valence-corrected chi connectivity index (χ2v) is 4.51. The zero-order chi connectivity index (χ0) is 16.2. The van der Waals surface area contributed by atoms with Gasteiger partial charge in [-0.1, -0.05) is 6.92 Å². The Morgan fingerprint density at radius 3 is 2.62 bits per heavy atom. The molecule has 1 rings (SSSR count). The molecule has 21 heavy (non-hydrogen) atoms. The smallest absolute Gasteiger partial charge is 0.313 e. The molecule has 0 saturated heterocycles. The van der Waals surface area contributed by atoms with Gasteiger partial charge in [-0.05, 0) is 6.92 Å². The first-order valence-corrected chi connectivity index (χ1v) is 6.31. The van der Waals surface area contributed by atoms with Gasteiger partial charge >= 0.3 is 11.7 Å². The third-order valence-corrected chi connectivity index (χ3v) is 3.08. The molecule has 8 heteroatoms. The standard InChI is InChI=1S/C13H17FN2O5/c1-4-15(7-8(2)13(17)18)10-6-12(21-3)11(16(19)20)5-9(10)14/h5-6,8H,4,7H2,1-3H3,(H,17,18). The number of carboxylic acid groups (broad SMARTS) is 1. The van der Waals surface area contributed by atoms with Crippen molar-refractivity contribution in [2.24, 2.45) is 5.92 Å². The molecule has 0 aromatic heterocycles. The Kier molecular flexibility index (Phi) is 5.45. The van der Waals surface area contributed by atoms with Crippen LogP contribution in [0.5, 0.6) is 5.75 Å². The van der Waals surface area contributed by atoms with E-state index in [4.69, 9.17) is 9.84 Å². The Morgan fingerprint density at radius 1 is 1.57 bits per heavy atom. The number of halogens is 1. The zero-order valence-electron chi connectivity index (χ0n) is 12.0. The number of anilines is 1. The maximum atomic E-state index is 14.1. The number of nitrogens with zero attached hydrogens (tertiary/aromatic N) is 2. The summed E-state index contributed by atoms with van der Waals surface area (Å²) in [6.45, 7) is 3.69. The highest BCUT2D eigenvalue weighted by atomic mass is 19.1. The van der Waals surface area contributed by atoms with Gasteiger partial charge in [0, 0.05) is 19.2 Å². The summed E-state index contributed by atoms with van der Waals surface area (Å²) in [4.78, 5) is 22.5. The Bertz CT molecular complexity index is 550. The lowest BCUT2D eigenvalue weighted by atomic mass is 10.1. The summed E-state index contributed by atoms with van der Waals surface area (Å²) < 4.78 is 19.0. The predicted octanol–water partition coefficient (Wildman–Crippen LogP) is 2.29. The van der Waals surface area contributed by atoms with Crippen LogP contribution in [0, 0.1) is 21.8 Å². The molecule has 0 saturated carbocycles. The van der Waals surface area contributed by atoms with Crippen LogP contribution in [-0.4, -0.2) is 36.2 Å². The molecule has 1 aromatic carbocycles. The monoisotopic (exact) mass is 300 g/mol. The van der Waals surface area contributed by atoms with E-state index >= 15 is 0 Å². The molecule has 1 N–H and O–H groups in total. The first-order chi connectivity index (χ1) is 9.81. The molecule has 0 aliphatic carbocycles. The lowest BCUT2D eigenvalue weighted by molar-refractivity contribution is -0.385. The number of nitro benzene ring substituents is 1. The van der Waals surface area contributed by atoms with Gasteiger partial charge in [0.15, 0.2) is 11.6 Å². The molecule has 0 spiro atoms. The highest BCUT2D eigenvalue weighted by Gasteiger charge is 2.23. The first kappa shape index (κ1) is 16.7. The van der Waals surface area contributed by atoms with Crippen molar-refractivity contribution in [3.05, 3.63) is 28.1 Å². The van der Waals surface area contributed by atoms with E-state index in [1.165, 1.54) is 25.0 Å². The number of aliphatic carboxylic acids is 1. The molecular formula is C13H17FN2O5. The maximum Gasteiger partial charge on any atom is 0.313 e. The Labute approximate surface area is 121 Å². The molecule has 1 atom stereocenters. The van der Waals surface area contributed by atoms with Crippen LogP contribution >= 0.6 is 0 Å². The Balaban J connectivity index is 3.21. The van der Waals surface area contributed by atoms with Gasteiger partial charge in [-0.15, -0.1) is 0 Å². The average molecular weight is 300 g/mol. The molecule has 1 aromatic rings. The number of hydrogen-bond donors (Lipinski definition) is 1. The summed E-state index contributed by atoms with van der Waals surface area (Å²) in [7, 11) is 1.25. The second kappa shape index (κ2) is 6.87.